The lowest BCUT2D eigenvalue weighted by Crippen LogP contribution is -2.19. The molecule has 0 aromatic carbocycles. The molecule has 5 nitrogen and oxygen atoms in total. The highest BCUT2D eigenvalue weighted by molar-refractivity contribution is 7.98. The molecule has 2 aromatic rings. The molecule has 0 aliphatic carbocycles. The molecule has 0 fully saturated rings. The van der Waals surface area contributed by atoms with Gasteiger partial charge in [0.2, 0.25) is 0 Å². The number of hydrogen-bond donors (Lipinski definition) is 0. The van der Waals surface area contributed by atoms with Crippen molar-refractivity contribution in [1.82, 2.24) is 24.7 Å². The first kappa shape index (κ1) is 15.7. The molecule has 0 atom stereocenters. The molecule has 21 heavy (non-hydrogen) atoms. The van der Waals surface area contributed by atoms with Gasteiger partial charge in [-0.1, -0.05) is 0 Å². The Kier molecular flexibility index (Phi) is 4.81. The highest BCUT2D eigenvalue weighted by Crippen LogP contribution is 2.22. The Morgan fingerprint density at radius 1 is 1.24 bits per heavy atom. The van der Waals surface area contributed by atoms with Gasteiger partial charge in [0.15, 0.2) is 11.6 Å². The molecule has 114 valence electrons. The number of alkyl halides is 3. The van der Waals surface area contributed by atoms with Crippen molar-refractivity contribution in [2.45, 2.75) is 26.1 Å². The number of aromatic nitrogens is 5. The predicted octanol–water partition coefficient (Wildman–Crippen LogP) is 2.51. The zero-order chi connectivity index (χ0) is 15.5. The van der Waals surface area contributed by atoms with Crippen LogP contribution in [0, 0.1) is 6.92 Å². The second-order valence-electron chi connectivity index (χ2n) is 4.41. The fourth-order valence-corrected chi connectivity index (χ4v) is 2.05. The Morgan fingerprint density at radius 3 is 2.57 bits per heavy atom. The van der Waals surface area contributed by atoms with E-state index in [1.54, 1.807) is 18.7 Å². The third-order valence-electron chi connectivity index (χ3n) is 2.58. The lowest BCUT2D eigenvalue weighted by Gasteiger charge is -2.08. The van der Waals surface area contributed by atoms with Gasteiger partial charge in [-0.25, -0.2) is 14.6 Å². The number of thioether (sulfide) groups is 1. The summed E-state index contributed by atoms with van der Waals surface area (Å²) in [5.41, 5.74) is 0.969. The maximum Gasteiger partial charge on any atom is 0.408 e. The van der Waals surface area contributed by atoms with Gasteiger partial charge < -0.3 is 0 Å². The molecule has 2 aromatic heterocycles. The molecular weight excluding hydrogens is 303 g/mol. The number of rotatable bonds is 5. The molecule has 0 spiro atoms. The van der Waals surface area contributed by atoms with Crippen molar-refractivity contribution in [3.05, 3.63) is 23.9 Å². The average Bonchev–Trinajstić information content (AvgIpc) is 2.78. The summed E-state index contributed by atoms with van der Waals surface area (Å²) < 4.78 is 38.7. The van der Waals surface area contributed by atoms with E-state index in [0.29, 0.717) is 17.9 Å². The first-order valence-corrected chi connectivity index (χ1v) is 7.57. The Bertz CT molecular complexity index is 594. The Morgan fingerprint density at radius 2 is 2.00 bits per heavy atom. The van der Waals surface area contributed by atoms with Gasteiger partial charge in [0.1, 0.15) is 12.2 Å². The third kappa shape index (κ3) is 4.42. The van der Waals surface area contributed by atoms with Crippen LogP contribution in [0.25, 0.3) is 11.5 Å². The minimum Gasteiger partial charge on any atom is -0.258 e. The Labute approximate surface area is 124 Å². The van der Waals surface area contributed by atoms with Gasteiger partial charge in [0.05, 0.1) is 11.9 Å². The third-order valence-corrected chi connectivity index (χ3v) is 3.20. The molecule has 0 bridgehead atoms. The van der Waals surface area contributed by atoms with Crippen molar-refractivity contribution in [2.24, 2.45) is 0 Å². The van der Waals surface area contributed by atoms with Crippen LogP contribution in [-0.2, 0) is 13.0 Å². The van der Waals surface area contributed by atoms with Crippen LogP contribution in [-0.4, -0.2) is 42.9 Å². The average molecular weight is 317 g/mol. The first-order chi connectivity index (χ1) is 9.89. The van der Waals surface area contributed by atoms with Gasteiger partial charge in [0, 0.05) is 18.4 Å². The van der Waals surface area contributed by atoms with Crippen molar-refractivity contribution in [1.29, 1.82) is 0 Å². The summed E-state index contributed by atoms with van der Waals surface area (Å²) in [6, 6.07) is 0. The van der Waals surface area contributed by atoms with E-state index in [2.05, 4.69) is 20.1 Å². The maximum absolute atomic E-state index is 12.6. The molecule has 0 unspecified atom stereocenters. The molecule has 9 heteroatoms. The topological polar surface area (TPSA) is 56.5 Å². The standard InChI is InChI=1S/C12H14F3N5S/c1-8-5-17-9(6-16-8)11-18-10(3-4-21-2)19-20(11)7-12(13,14)15/h5-6H,3-4,7H2,1-2H3. The van der Waals surface area contributed by atoms with Gasteiger partial charge >= 0.3 is 6.18 Å². The summed E-state index contributed by atoms with van der Waals surface area (Å²) in [6.45, 7) is 0.561. The molecule has 0 saturated carbocycles. The van der Waals surface area contributed by atoms with Crippen LogP contribution >= 0.6 is 11.8 Å². The van der Waals surface area contributed by atoms with E-state index in [0.717, 1.165) is 10.4 Å². The monoisotopic (exact) mass is 317 g/mol. The summed E-state index contributed by atoms with van der Waals surface area (Å²) >= 11 is 1.58. The molecule has 0 aliphatic heterocycles. The quantitative estimate of drug-likeness (QED) is 0.848. The largest absolute Gasteiger partial charge is 0.408 e. The minimum atomic E-state index is -4.36. The number of nitrogens with zero attached hydrogens (tertiary/aromatic N) is 5. The highest BCUT2D eigenvalue weighted by atomic mass is 32.2. The van der Waals surface area contributed by atoms with Crippen molar-refractivity contribution in [3.8, 4) is 11.5 Å². The van der Waals surface area contributed by atoms with Crippen molar-refractivity contribution < 1.29 is 13.2 Å². The zero-order valence-corrected chi connectivity index (χ0v) is 12.4. The van der Waals surface area contributed by atoms with Crippen molar-refractivity contribution in [3.63, 3.8) is 0 Å². The van der Waals surface area contributed by atoms with Crippen LogP contribution < -0.4 is 0 Å². The van der Waals surface area contributed by atoms with Crippen LogP contribution in [0.15, 0.2) is 12.4 Å². The molecular formula is C12H14F3N5S. The van der Waals surface area contributed by atoms with Crippen LogP contribution in [0.2, 0.25) is 0 Å². The summed E-state index contributed by atoms with van der Waals surface area (Å²) in [6.07, 6.45) is 0.961. The predicted molar refractivity (Wildman–Crippen MR) is 73.9 cm³/mol. The molecule has 0 saturated heterocycles. The van der Waals surface area contributed by atoms with Gasteiger partial charge in [0.25, 0.3) is 0 Å². The van der Waals surface area contributed by atoms with Crippen LogP contribution in [0.3, 0.4) is 0 Å². The number of halogens is 3. The van der Waals surface area contributed by atoms with E-state index in [-0.39, 0.29) is 11.5 Å². The van der Waals surface area contributed by atoms with Crippen LogP contribution in [0.4, 0.5) is 13.2 Å². The zero-order valence-electron chi connectivity index (χ0n) is 11.6. The van der Waals surface area contributed by atoms with E-state index in [1.165, 1.54) is 12.4 Å². The lowest BCUT2D eigenvalue weighted by molar-refractivity contribution is -0.142. The van der Waals surface area contributed by atoms with Gasteiger partial charge in [-0.2, -0.15) is 30.0 Å². The summed E-state index contributed by atoms with van der Waals surface area (Å²) in [4.78, 5) is 12.3. The summed E-state index contributed by atoms with van der Waals surface area (Å²) in [7, 11) is 0. The van der Waals surface area contributed by atoms with E-state index >= 15 is 0 Å². The highest BCUT2D eigenvalue weighted by Gasteiger charge is 2.31. The second-order valence-corrected chi connectivity index (χ2v) is 5.40. The molecule has 2 heterocycles. The number of hydrogen-bond acceptors (Lipinski definition) is 5. The molecule has 0 N–H and O–H groups in total. The summed E-state index contributed by atoms with van der Waals surface area (Å²) in [5.74, 6) is 1.22. The minimum absolute atomic E-state index is 0.0935. The molecule has 0 aliphatic rings. The molecule has 2 rings (SSSR count). The van der Waals surface area contributed by atoms with Gasteiger partial charge in [-0.05, 0) is 13.2 Å². The Balaban J connectivity index is 2.36. The fraction of sp³-hybridized carbons (Fsp3) is 0.500. The van der Waals surface area contributed by atoms with Crippen LogP contribution in [0.1, 0.15) is 11.5 Å². The normalized spacial score (nSPS) is 11.9. The van der Waals surface area contributed by atoms with Crippen molar-refractivity contribution in [2.75, 3.05) is 12.0 Å². The SMILES string of the molecule is CSCCc1nc(-c2cnc(C)cn2)n(CC(F)(F)F)n1. The molecule has 0 radical (unpaired) electrons. The van der Waals surface area contributed by atoms with E-state index in [4.69, 9.17) is 0 Å². The van der Waals surface area contributed by atoms with E-state index < -0.39 is 12.7 Å². The second kappa shape index (κ2) is 6.42. The fourth-order valence-electron chi connectivity index (χ4n) is 1.67. The van der Waals surface area contributed by atoms with E-state index in [1.807, 2.05) is 6.26 Å². The van der Waals surface area contributed by atoms with Crippen molar-refractivity contribution >= 4 is 11.8 Å². The lowest BCUT2D eigenvalue weighted by atomic mass is 10.4. The smallest absolute Gasteiger partial charge is 0.258 e. The number of aryl methyl sites for hydroxylation is 2. The summed E-state index contributed by atoms with van der Waals surface area (Å²) in [5, 5.41) is 3.94. The maximum atomic E-state index is 12.6. The van der Waals surface area contributed by atoms with Gasteiger partial charge in [-0.15, -0.1) is 0 Å². The first-order valence-electron chi connectivity index (χ1n) is 6.17. The van der Waals surface area contributed by atoms with Crippen LogP contribution in [0.5, 0.6) is 0 Å². The molecule has 0 amide bonds. The Hall–Kier alpha value is -1.64. The van der Waals surface area contributed by atoms with Gasteiger partial charge in [-0.3, -0.25) is 4.98 Å². The van der Waals surface area contributed by atoms with E-state index in [9.17, 15) is 13.2 Å².